The van der Waals surface area contributed by atoms with Crippen LogP contribution in [0, 0.1) is 5.92 Å². The molecule has 0 atom stereocenters. The summed E-state index contributed by atoms with van der Waals surface area (Å²) in [6, 6.07) is 12.8. The maximum Gasteiger partial charge on any atom is 0.270 e. The molecule has 3 aromatic rings. The van der Waals surface area contributed by atoms with Crippen molar-refractivity contribution in [3.8, 4) is 5.75 Å². The molecule has 0 radical (unpaired) electrons. The number of rotatable bonds is 5. The van der Waals surface area contributed by atoms with E-state index in [-0.39, 0.29) is 28.9 Å². The lowest BCUT2D eigenvalue weighted by molar-refractivity contribution is -0.126. The first-order chi connectivity index (χ1) is 15.1. The first kappa shape index (κ1) is 20.6. The number of carbonyl (C=O) groups excluding carboxylic acids is 2. The van der Waals surface area contributed by atoms with E-state index in [1.807, 2.05) is 24.3 Å². The molecule has 1 fully saturated rings. The average molecular weight is 420 g/mol. The fourth-order valence-corrected chi connectivity index (χ4v) is 3.77. The highest BCUT2D eigenvalue weighted by Crippen LogP contribution is 2.19. The van der Waals surface area contributed by atoms with Crippen LogP contribution < -0.4 is 15.6 Å². The minimum Gasteiger partial charge on any atom is -0.497 e. The summed E-state index contributed by atoms with van der Waals surface area (Å²) in [5.41, 5.74) is 1.16. The Kier molecular flexibility index (Phi) is 5.97. The first-order valence-corrected chi connectivity index (χ1v) is 10.2. The maximum absolute atomic E-state index is 12.9. The SMILES string of the molecule is COc1ccc(CNC(=O)C2CCN(C(=O)c3cnc4ccccn4c3=O)CC2)cc1. The van der Waals surface area contributed by atoms with Crippen molar-refractivity contribution >= 4 is 17.5 Å². The Labute approximate surface area is 179 Å². The Balaban J connectivity index is 1.33. The van der Waals surface area contributed by atoms with Gasteiger partial charge in [0.1, 0.15) is 17.0 Å². The third-order valence-electron chi connectivity index (χ3n) is 5.62. The second-order valence-electron chi connectivity index (χ2n) is 7.54. The quantitative estimate of drug-likeness (QED) is 0.680. The van der Waals surface area contributed by atoms with E-state index < -0.39 is 0 Å². The maximum atomic E-state index is 12.9. The molecule has 0 aliphatic carbocycles. The molecule has 0 bridgehead atoms. The molecule has 0 unspecified atom stereocenters. The molecule has 1 aromatic carbocycles. The summed E-state index contributed by atoms with van der Waals surface area (Å²) in [4.78, 5) is 43.9. The number of hydrogen-bond acceptors (Lipinski definition) is 5. The smallest absolute Gasteiger partial charge is 0.270 e. The normalized spacial score (nSPS) is 14.4. The topological polar surface area (TPSA) is 93.0 Å². The van der Waals surface area contributed by atoms with Crippen molar-refractivity contribution < 1.29 is 14.3 Å². The van der Waals surface area contributed by atoms with Gasteiger partial charge in [0.05, 0.1) is 7.11 Å². The summed E-state index contributed by atoms with van der Waals surface area (Å²) >= 11 is 0. The number of carbonyl (C=O) groups is 2. The van der Waals surface area contributed by atoms with Gasteiger partial charge in [-0.3, -0.25) is 18.8 Å². The number of fused-ring (bicyclic) bond motifs is 1. The van der Waals surface area contributed by atoms with Gasteiger partial charge < -0.3 is 15.0 Å². The molecule has 1 N–H and O–H groups in total. The van der Waals surface area contributed by atoms with Gasteiger partial charge in [-0.2, -0.15) is 0 Å². The van der Waals surface area contributed by atoms with E-state index in [2.05, 4.69) is 10.3 Å². The Bertz CT molecular complexity index is 1150. The molecule has 31 heavy (non-hydrogen) atoms. The summed E-state index contributed by atoms with van der Waals surface area (Å²) < 4.78 is 6.50. The van der Waals surface area contributed by atoms with E-state index in [4.69, 9.17) is 4.74 Å². The molecule has 1 aliphatic rings. The number of aromatic nitrogens is 2. The van der Waals surface area contributed by atoms with Gasteiger partial charge in [-0.1, -0.05) is 18.2 Å². The fourth-order valence-electron chi connectivity index (χ4n) is 3.77. The molecule has 1 aliphatic heterocycles. The minimum absolute atomic E-state index is 0.0182. The molecule has 0 spiro atoms. The molecule has 4 rings (SSSR count). The van der Waals surface area contributed by atoms with Gasteiger partial charge in [0.2, 0.25) is 5.91 Å². The number of benzene rings is 1. The molecule has 0 saturated carbocycles. The third kappa shape index (κ3) is 4.42. The predicted molar refractivity (Wildman–Crippen MR) is 115 cm³/mol. The van der Waals surface area contributed by atoms with E-state index in [0.29, 0.717) is 38.1 Å². The van der Waals surface area contributed by atoms with Crippen molar-refractivity contribution in [1.29, 1.82) is 0 Å². The summed E-state index contributed by atoms with van der Waals surface area (Å²) in [6.07, 6.45) is 4.06. The van der Waals surface area contributed by atoms with Crippen molar-refractivity contribution in [2.24, 2.45) is 5.92 Å². The van der Waals surface area contributed by atoms with Gasteiger partial charge in [0.15, 0.2) is 0 Å². The highest BCUT2D eigenvalue weighted by molar-refractivity contribution is 5.94. The minimum atomic E-state index is -0.380. The highest BCUT2D eigenvalue weighted by atomic mass is 16.5. The number of amides is 2. The van der Waals surface area contributed by atoms with E-state index in [9.17, 15) is 14.4 Å². The summed E-state index contributed by atoms with van der Waals surface area (Å²) in [6.45, 7) is 1.30. The van der Waals surface area contributed by atoms with E-state index >= 15 is 0 Å². The number of pyridine rings is 1. The van der Waals surface area contributed by atoms with Crippen molar-refractivity contribution in [3.63, 3.8) is 0 Å². The van der Waals surface area contributed by atoms with Crippen LogP contribution in [0.25, 0.3) is 5.65 Å². The molecular formula is C23H24N4O4. The van der Waals surface area contributed by atoms with Gasteiger partial charge in [0, 0.05) is 37.9 Å². The van der Waals surface area contributed by atoms with Crippen LogP contribution in [0.3, 0.4) is 0 Å². The molecule has 8 heteroatoms. The Hall–Kier alpha value is -3.68. The van der Waals surface area contributed by atoms with Crippen LogP contribution >= 0.6 is 0 Å². The predicted octanol–water partition coefficient (Wildman–Crippen LogP) is 1.87. The molecule has 3 heterocycles. The Morgan fingerprint density at radius 3 is 2.58 bits per heavy atom. The number of nitrogens with zero attached hydrogens (tertiary/aromatic N) is 3. The van der Waals surface area contributed by atoms with Crippen LogP contribution in [0.1, 0.15) is 28.8 Å². The van der Waals surface area contributed by atoms with Gasteiger partial charge in [0.25, 0.3) is 11.5 Å². The number of nitrogens with one attached hydrogen (secondary N) is 1. The molecular weight excluding hydrogens is 396 g/mol. The van der Waals surface area contributed by atoms with Crippen LogP contribution in [0.2, 0.25) is 0 Å². The summed E-state index contributed by atoms with van der Waals surface area (Å²) in [5, 5.41) is 2.96. The van der Waals surface area contributed by atoms with Gasteiger partial charge in [-0.25, -0.2) is 4.98 Å². The van der Waals surface area contributed by atoms with Gasteiger partial charge in [-0.15, -0.1) is 0 Å². The lowest BCUT2D eigenvalue weighted by atomic mass is 9.95. The van der Waals surface area contributed by atoms with Crippen LogP contribution in [-0.4, -0.2) is 46.3 Å². The molecule has 1 saturated heterocycles. The van der Waals surface area contributed by atoms with Crippen LogP contribution in [-0.2, 0) is 11.3 Å². The zero-order valence-corrected chi connectivity index (χ0v) is 17.3. The molecule has 2 amide bonds. The van der Waals surface area contributed by atoms with Crippen molar-refractivity contribution in [2.75, 3.05) is 20.2 Å². The lowest BCUT2D eigenvalue weighted by Gasteiger charge is -2.31. The van der Waals surface area contributed by atoms with Crippen LogP contribution in [0.15, 0.2) is 59.7 Å². The van der Waals surface area contributed by atoms with Gasteiger partial charge >= 0.3 is 0 Å². The van der Waals surface area contributed by atoms with Crippen molar-refractivity contribution in [3.05, 3.63) is 76.3 Å². The number of piperidine rings is 1. The number of ether oxygens (including phenoxy) is 1. The second kappa shape index (κ2) is 8.99. The van der Waals surface area contributed by atoms with Crippen LogP contribution in [0.4, 0.5) is 0 Å². The number of methoxy groups -OCH3 is 1. The van der Waals surface area contributed by atoms with E-state index in [1.165, 1.54) is 10.6 Å². The van der Waals surface area contributed by atoms with E-state index in [1.54, 1.807) is 36.4 Å². The molecule has 160 valence electrons. The molecule has 8 nitrogen and oxygen atoms in total. The average Bonchev–Trinajstić information content (AvgIpc) is 2.83. The third-order valence-corrected chi connectivity index (χ3v) is 5.62. The fraction of sp³-hybridized carbons (Fsp3) is 0.304. The van der Waals surface area contributed by atoms with E-state index in [0.717, 1.165) is 11.3 Å². The Morgan fingerprint density at radius 1 is 1.13 bits per heavy atom. The largest absolute Gasteiger partial charge is 0.497 e. The zero-order valence-electron chi connectivity index (χ0n) is 17.3. The number of hydrogen-bond donors (Lipinski definition) is 1. The van der Waals surface area contributed by atoms with Crippen LogP contribution in [0.5, 0.6) is 5.75 Å². The standard InChI is InChI=1S/C23H24N4O4/c1-31-18-7-5-16(6-8-18)14-25-21(28)17-9-12-26(13-10-17)22(29)19-15-24-20-4-2-3-11-27(20)23(19)30/h2-8,11,15,17H,9-10,12-14H2,1H3,(H,25,28). The lowest BCUT2D eigenvalue weighted by Crippen LogP contribution is -2.44. The monoisotopic (exact) mass is 420 g/mol. The van der Waals surface area contributed by atoms with Crippen molar-refractivity contribution in [1.82, 2.24) is 19.6 Å². The van der Waals surface area contributed by atoms with Crippen molar-refractivity contribution in [2.45, 2.75) is 19.4 Å². The summed E-state index contributed by atoms with van der Waals surface area (Å²) in [7, 11) is 1.61. The number of likely N-dealkylation sites (tertiary alicyclic amines) is 1. The van der Waals surface area contributed by atoms with Gasteiger partial charge in [-0.05, 0) is 42.7 Å². The first-order valence-electron chi connectivity index (χ1n) is 10.2. The Morgan fingerprint density at radius 2 is 1.87 bits per heavy atom. The summed E-state index contributed by atoms with van der Waals surface area (Å²) in [5.74, 6) is 0.259. The molecule has 2 aromatic heterocycles. The zero-order chi connectivity index (χ0) is 21.8. The second-order valence-corrected chi connectivity index (χ2v) is 7.54. The highest BCUT2D eigenvalue weighted by Gasteiger charge is 2.29.